The molecular weight excluding hydrogens is 514 g/mol. The molecule has 0 aliphatic carbocycles. The molecule has 4 aromatic rings. The maximum absolute atomic E-state index is 12.5. The number of rotatable bonds is 7. The average Bonchev–Trinajstić information content (AvgIpc) is 3.28. The second-order valence-electron chi connectivity index (χ2n) is 6.51. The molecule has 0 fully saturated rings. The summed E-state index contributed by atoms with van der Waals surface area (Å²) < 4.78 is 9.24. The Morgan fingerprint density at radius 1 is 0.967 bits per heavy atom. The van der Waals surface area contributed by atoms with Crippen LogP contribution in [0.25, 0.3) is 0 Å². The molecule has 0 bridgehead atoms. The molecule has 2 aromatic carbocycles. The van der Waals surface area contributed by atoms with Crippen molar-refractivity contribution in [1.82, 2.24) is 25.0 Å². The van der Waals surface area contributed by atoms with E-state index in [0.717, 1.165) is 31.5 Å². The van der Waals surface area contributed by atoms with Crippen LogP contribution < -0.4 is 10.3 Å². The van der Waals surface area contributed by atoms with E-state index >= 15 is 0 Å². The van der Waals surface area contributed by atoms with Gasteiger partial charge in [-0.2, -0.15) is 4.68 Å². The number of aryl methyl sites for hydroxylation is 1. The number of hydrogen-bond acceptors (Lipinski definition) is 5. The van der Waals surface area contributed by atoms with Gasteiger partial charge in [0, 0.05) is 15.0 Å². The van der Waals surface area contributed by atoms with Gasteiger partial charge >= 0.3 is 0 Å². The molecule has 7 nitrogen and oxygen atoms in total. The van der Waals surface area contributed by atoms with Crippen LogP contribution in [0.15, 0.2) is 80.7 Å². The Kier molecular flexibility index (Phi) is 6.39. The second-order valence-corrected chi connectivity index (χ2v) is 8.28. The first-order valence-corrected chi connectivity index (χ1v) is 10.8. The van der Waals surface area contributed by atoms with Crippen LogP contribution >= 0.6 is 31.9 Å². The van der Waals surface area contributed by atoms with Gasteiger partial charge in [0.25, 0.3) is 5.56 Å². The van der Waals surface area contributed by atoms with Gasteiger partial charge in [0.2, 0.25) is 0 Å². The summed E-state index contributed by atoms with van der Waals surface area (Å²) in [5.41, 5.74) is 2.64. The monoisotopic (exact) mass is 529 g/mol. The van der Waals surface area contributed by atoms with Crippen molar-refractivity contribution in [2.75, 3.05) is 0 Å². The van der Waals surface area contributed by atoms with Crippen LogP contribution in [0.2, 0.25) is 0 Å². The summed E-state index contributed by atoms with van der Waals surface area (Å²) in [5, 5.41) is 11.6. The molecule has 0 N–H and O–H groups in total. The summed E-state index contributed by atoms with van der Waals surface area (Å²) >= 11 is 7.08. The van der Waals surface area contributed by atoms with Crippen molar-refractivity contribution in [1.29, 1.82) is 0 Å². The number of aromatic nitrogens is 5. The Bertz CT molecular complexity index is 1190. The number of tetrazole rings is 1. The van der Waals surface area contributed by atoms with Gasteiger partial charge in [0.15, 0.2) is 6.33 Å². The third kappa shape index (κ3) is 4.68. The van der Waals surface area contributed by atoms with Gasteiger partial charge < -0.3 is 4.74 Å². The minimum absolute atomic E-state index is 0.235. The van der Waals surface area contributed by atoms with Crippen molar-refractivity contribution < 1.29 is 4.74 Å². The third-order valence-corrected chi connectivity index (χ3v) is 5.74. The van der Waals surface area contributed by atoms with Gasteiger partial charge in [-0.15, -0.1) is 10.2 Å². The predicted octanol–water partition coefficient (Wildman–Crippen LogP) is 4.04. The molecule has 2 aromatic heterocycles. The lowest BCUT2D eigenvalue weighted by Crippen LogP contribution is -2.31. The highest BCUT2D eigenvalue weighted by Crippen LogP contribution is 2.26. The minimum Gasteiger partial charge on any atom is -0.489 e. The van der Waals surface area contributed by atoms with E-state index in [4.69, 9.17) is 4.74 Å². The minimum atomic E-state index is -0.235. The van der Waals surface area contributed by atoms with Crippen molar-refractivity contribution in [2.45, 2.75) is 19.4 Å². The molecule has 4 rings (SSSR count). The molecule has 0 saturated carbocycles. The van der Waals surface area contributed by atoms with Crippen LogP contribution in [-0.2, 0) is 19.4 Å². The molecule has 0 radical (unpaired) electrons. The number of benzene rings is 2. The van der Waals surface area contributed by atoms with Crippen molar-refractivity contribution in [3.05, 3.63) is 103 Å². The van der Waals surface area contributed by atoms with E-state index in [1.807, 2.05) is 48.5 Å². The Hall–Kier alpha value is -2.78. The van der Waals surface area contributed by atoms with Crippen LogP contribution in [0.3, 0.4) is 0 Å². The van der Waals surface area contributed by atoms with Crippen molar-refractivity contribution in [2.24, 2.45) is 0 Å². The van der Waals surface area contributed by atoms with Crippen molar-refractivity contribution in [3.63, 3.8) is 0 Å². The SMILES string of the molecule is O=c1ccc(Br)c(CCc2cc(Br)ccc2OCc2ccccc2)n1-n1ncnn1. The lowest BCUT2D eigenvalue weighted by atomic mass is 10.1. The zero-order valence-electron chi connectivity index (χ0n) is 15.8. The van der Waals surface area contributed by atoms with Gasteiger partial charge in [0.1, 0.15) is 12.4 Å². The first-order chi connectivity index (χ1) is 14.6. The van der Waals surface area contributed by atoms with Gasteiger partial charge in [-0.1, -0.05) is 51.2 Å². The largest absolute Gasteiger partial charge is 0.489 e. The van der Waals surface area contributed by atoms with Crippen molar-refractivity contribution in [3.8, 4) is 5.75 Å². The predicted molar refractivity (Wildman–Crippen MR) is 119 cm³/mol. The number of hydrogen-bond donors (Lipinski definition) is 0. The normalized spacial score (nSPS) is 10.9. The lowest BCUT2D eigenvalue weighted by Gasteiger charge is -2.15. The van der Waals surface area contributed by atoms with Crippen LogP contribution in [0.1, 0.15) is 16.8 Å². The summed E-state index contributed by atoms with van der Waals surface area (Å²) in [5.74, 6) is 0.807. The third-order valence-electron chi connectivity index (χ3n) is 4.52. The van der Waals surface area contributed by atoms with Gasteiger partial charge in [-0.3, -0.25) is 4.79 Å². The van der Waals surface area contributed by atoms with E-state index in [2.05, 4.69) is 47.3 Å². The maximum Gasteiger partial charge on any atom is 0.272 e. The zero-order valence-corrected chi connectivity index (χ0v) is 19.0. The lowest BCUT2D eigenvalue weighted by molar-refractivity contribution is 0.302. The molecule has 0 saturated heterocycles. The van der Waals surface area contributed by atoms with E-state index in [9.17, 15) is 4.79 Å². The quantitative estimate of drug-likeness (QED) is 0.360. The highest BCUT2D eigenvalue weighted by atomic mass is 79.9. The van der Waals surface area contributed by atoms with Crippen LogP contribution in [0.4, 0.5) is 0 Å². The highest BCUT2D eigenvalue weighted by Gasteiger charge is 2.14. The van der Waals surface area contributed by atoms with E-state index in [1.165, 1.54) is 22.0 Å². The molecular formula is C21H17Br2N5O2. The number of pyridine rings is 1. The standard InChI is InChI=1S/C21H17Br2N5O2/c22-17-7-10-20(30-13-15-4-2-1-3-5-15)16(12-17)6-9-19-18(23)8-11-21(29)27(19)28-25-14-24-26-28/h1-5,7-8,10-12,14H,6,9,13H2. The van der Waals surface area contributed by atoms with Gasteiger partial charge in [-0.25, -0.2) is 0 Å². The van der Waals surface area contributed by atoms with Crippen LogP contribution in [0, 0.1) is 0 Å². The second kappa shape index (κ2) is 9.36. The summed E-state index contributed by atoms with van der Waals surface area (Å²) in [7, 11) is 0. The molecule has 0 unspecified atom stereocenters. The van der Waals surface area contributed by atoms with E-state index in [-0.39, 0.29) is 5.56 Å². The van der Waals surface area contributed by atoms with E-state index in [1.54, 1.807) is 6.07 Å². The first kappa shape index (κ1) is 20.5. The van der Waals surface area contributed by atoms with Crippen LogP contribution in [0.5, 0.6) is 5.75 Å². The van der Waals surface area contributed by atoms with Crippen LogP contribution in [-0.4, -0.2) is 25.0 Å². The molecule has 0 amide bonds. The van der Waals surface area contributed by atoms with E-state index < -0.39 is 0 Å². The molecule has 0 spiro atoms. The Morgan fingerprint density at radius 3 is 2.57 bits per heavy atom. The fourth-order valence-corrected chi connectivity index (χ4v) is 4.00. The fourth-order valence-electron chi connectivity index (χ4n) is 3.09. The zero-order chi connectivity index (χ0) is 20.9. The first-order valence-electron chi connectivity index (χ1n) is 9.21. The summed E-state index contributed by atoms with van der Waals surface area (Å²) in [6.45, 7) is 0.484. The Balaban J connectivity index is 1.59. The molecule has 2 heterocycles. The fraction of sp³-hybridized carbons (Fsp3) is 0.143. The topological polar surface area (TPSA) is 74.8 Å². The smallest absolute Gasteiger partial charge is 0.272 e. The molecule has 9 heteroatoms. The Labute approximate surface area is 189 Å². The Morgan fingerprint density at radius 2 is 1.80 bits per heavy atom. The summed E-state index contributed by atoms with van der Waals surface area (Å²) in [6.07, 6.45) is 2.51. The number of ether oxygens (including phenoxy) is 1. The molecule has 0 aliphatic heterocycles. The molecule has 152 valence electrons. The van der Waals surface area contributed by atoms with Gasteiger partial charge in [-0.05, 0) is 69.4 Å². The van der Waals surface area contributed by atoms with E-state index in [0.29, 0.717) is 19.4 Å². The van der Waals surface area contributed by atoms with Crippen molar-refractivity contribution >= 4 is 31.9 Å². The summed E-state index contributed by atoms with van der Waals surface area (Å²) in [6, 6.07) is 19.2. The van der Waals surface area contributed by atoms with Gasteiger partial charge in [0.05, 0.1) is 5.69 Å². The molecule has 0 aliphatic rings. The number of halogens is 2. The summed E-state index contributed by atoms with van der Waals surface area (Å²) in [4.78, 5) is 13.7. The molecule has 0 atom stereocenters. The molecule has 30 heavy (non-hydrogen) atoms. The number of nitrogens with zero attached hydrogens (tertiary/aromatic N) is 5. The maximum atomic E-state index is 12.5. The highest BCUT2D eigenvalue weighted by molar-refractivity contribution is 9.10. The average molecular weight is 531 g/mol.